The highest BCUT2D eigenvalue weighted by Crippen LogP contribution is 2.35. The van der Waals surface area contributed by atoms with Crippen molar-refractivity contribution in [2.75, 3.05) is 14.2 Å². The van der Waals surface area contributed by atoms with Crippen molar-refractivity contribution in [1.29, 1.82) is 0 Å². The maximum atomic E-state index is 11.5. The molecule has 0 bridgehead atoms. The summed E-state index contributed by atoms with van der Waals surface area (Å²) < 4.78 is 13.7. The molecule has 1 fully saturated rings. The summed E-state index contributed by atoms with van der Waals surface area (Å²) in [6.07, 6.45) is -0.00972. The molecule has 6 heteroatoms. The third-order valence-corrected chi connectivity index (χ3v) is 2.42. The van der Waals surface area contributed by atoms with E-state index in [1.165, 1.54) is 0 Å². The molecule has 0 N–H and O–H groups in total. The Morgan fingerprint density at radius 1 is 1.33 bits per heavy atom. The third kappa shape index (κ3) is 1.55. The van der Waals surface area contributed by atoms with Crippen molar-refractivity contribution in [2.45, 2.75) is 18.9 Å². The van der Waals surface area contributed by atoms with E-state index < -0.39 is 29.4 Å². The zero-order chi connectivity index (χ0) is 11.6. The average molecular weight is 216 g/mol. The summed E-state index contributed by atoms with van der Waals surface area (Å²) >= 11 is 0. The van der Waals surface area contributed by atoms with Gasteiger partial charge in [0, 0.05) is 5.92 Å². The maximum Gasteiger partial charge on any atom is 0.362 e. The molecule has 1 saturated heterocycles. The highest BCUT2D eigenvalue weighted by Gasteiger charge is 2.61. The molecular formula is C9H12O6. The van der Waals surface area contributed by atoms with Gasteiger partial charge in [0.15, 0.2) is 0 Å². The molecule has 0 aromatic carbocycles. The number of carbonyl (C=O) groups is 3. The lowest BCUT2D eigenvalue weighted by Gasteiger charge is -2.25. The Hall–Kier alpha value is -1.59. The fourth-order valence-electron chi connectivity index (χ4n) is 1.59. The summed E-state index contributed by atoms with van der Waals surface area (Å²) in [7, 11) is 2.23. The fourth-order valence-corrected chi connectivity index (χ4v) is 1.59. The van der Waals surface area contributed by atoms with Crippen molar-refractivity contribution in [2.24, 2.45) is 5.92 Å². The molecular weight excluding hydrogens is 204 g/mol. The maximum absolute atomic E-state index is 11.5. The van der Waals surface area contributed by atoms with Gasteiger partial charge < -0.3 is 14.2 Å². The van der Waals surface area contributed by atoms with E-state index in [1.54, 1.807) is 6.92 Å². The molecule has 0 amide bonds. The molecule has 1 aliphatic heterocycles. The van der Waals surface area contributed by atoms with Crippen molar-refractivity contribution < 1.29 is 28.6 Å². The van der Waals surface area contributed by atoms with Crippen LogP contribution in [0.4, 0.5) is 0 Å². The van der Waals surface area contributed by atoms with Gasteiger partial charge in [-0.3, -0.25) is 4.79 Å². The van der Waals surface area contributed by atoms with Gasteiger partial charge in [-0.15, -0.1) is 0 Å². The van der Waals surface area contributed by atoms with E-state index in [0.29, 0.717) is 0 Å². The van der Waals surface area contributed by atoms with Gasteiger partial charge in [-0.05, 0) is 0 Å². The predicted octanol–water partition coefficient (Wildman–Crippen LogP) is -0.346. The number of cyclic esters (lactones) is 1. The summed E-state index contributed by atoms with van der Waals surface area (Å²) in [4.78, 5) is 34.1. The zero-order valence-electron chi connectivity index (χ0n) is 8.73. The number of methoxy groups -OCH3 is 2. The number of hydrogen-bond donors (Lipinski definition) is 0. The molecule has 1 atom stereocenters. The van der Waals surface area contributed by atoms with Crippen molar-refractivity contribution in [3.05, 3.63) is 0 Å². The lowest BCUT2D eigenvalue weighted by Crippen LogP contribution is -2.52. The summed E-state index contributed by atoms with van der Waals surface area (Å²) in [5.74, 6) is -3.02. The van der Waals surface area contributed by atoms with E-state index in [2.05, 4.69) is 9.47 Å². The molecule has 0 aromatic rings. The van der Waals surface area contributed by atoms with Gasteiger partial charge in [0.1, 0.15) is 0 Å². The van der Waals surface area contributed by atoms with Crippen LogP contribution in [0, 0.1) is 5.92 Å². The molecule has 84 valence electrons. The van der Waals surface area contributed by atoms with Crippen molar-refractivity contribution in [1.82, 2.24) is 0 Å². The second-order valence-corrected chi connectivity index (χ2v) is 3.30. The summed E-state index contributed by atoms with van der Waals surface area (Å²) in [6, 6.07) is 0. The Bertz CT molecular complexity index is 292. The standard InChI is InChI=1S/C9H12O6/c1-5-4-6(10)15-9(5,7(11)13-2)8(12)14-3/h5H,4H2,1-3H3. The van der Waals surface area contributed by atoms with Crippen LogP contribution in [0.3, 0.4) is 0 Å². The quantitative estimate of drug-likeness (QED) is 0.357. The lowest BCUT2D eigenvalue weighted by atomic mass is 9.89. The topological polar surface area (TPSA) is 78.9 Å². The molecule has 1 heterocycles. The van der Waals surface area contributed by atoms with E-state index >= 15 is 0 Å². The molecule has 1 unspecified atom stereocenters. The van der Waals surface area contributed by atoms with Crippen LogP contribution in [-0.4, -0.2) is 37.7 Å². The van der Waals surface area contributed by atoms with Gasteiger partial charge in [0.25, 0.3) is 0 Å². The van der Waals surface area contributed by atoms with Crippen LogP contribution in [0.25, 0.3) is 0 Å². The predicted molar refractivity (Wildman–Crippen MR) is 46.6 cm³/mol. The van der Waals surface area contributed by atoms with E-state index in [9.17, 15) is 14.4 Å². The molecule has 1 aliphatic rings. The van der Waals surface area contributed by atoms with E-state index in [4.69, 9.17) is 4.74 Å². The van der Waals surface area contributed by atoms with Crippen LogP contribution in [0.15, 0.2) is 0 Å². The molecule has 6 nitrogen and oxygen atoms in total. The van der Waals surface area contributed by atoms with Crippen LogP contribution >= 0.6 is 0 Å². The van der Waals surface area contributed by atoms with Crippen molar-refractivity contribution >= 4 is 17.9 Å². The van der Waals surface area contributed by atoms with Gasteiger partial charge in [0.05, 0.1) is 20.6 Å². The third-order valence-electron chi connectivity index (χ3n) is 2.42. The van der Waals surface area contributed by atoms with Crippen LogP contribution in [0.5, 0.6) is 0 Å². The molecule has 0 radical (unpaired) electrons. The van der Waals surface area contributed by atoms with Crippen LogP contribution in [0.2, 0.25) is 0 Å². The minimum atomic E-state index is -1.93. The van der Waals surface area contributed by atoms with Crippen LogP contribution < -0.4 is 0 Å². The number of carbonyl (C=O) groups excluding carboxylic acids is 3. The second-order valence-electron chi connectivity index (χ2n) is 3.30. The minimum absolute atomic E-state index is 0.00972. The Balaban J connectivity index is 3.12. The zero-order valence-corrected chi connectivity index (χ0v) is 8.73. The van der Waals surface area contributed by atoms with E-state index in [1.807, 2.05) is 0 Å². The average Bonchev–Trinajstić information content (AvgIpc) is 2.52. The molecule has 0 saturated carbocycles. The highest BCUT2D eigenvalue weighted by molar-refractivity contribution is 6.07. The minimum Gasteiger partial charge on any atom is -0.466 e. The number of rotatable bonds is 2. The van der Waals surface area contributed by atoms with Gasteiger partial charge in [-0.2, -0.15) is 0 Å². The molecule has 0 aliphatic carbocycles. The first kappa shape index (κ1) is 11.5. The van der Waals surface area contributed by atoms with Gasteiger partial charge in [-0.1, -0.05) is 6.92 Å². The largest absolute Gasteiger partial charge is 0.466 e. The smallest absolute Gasteiger partial charge is 0.362 e. The molecule has 15 heavy (non-hydrogen) atoms. The Morgan fingerprint density at radius 3 is 2.07 bits per heavy atom. The monoisotopic (exact) mass is 216 g/mol. The summed E-state index contributed by atoms with van der Waals surface area (Å²) in [6.45, 7) is 1.55. The van der Waals surface area contributed by atoms with Crippen molar-refractivity contribution in [3.8, 4) is 0 Å². The van der Waals surface area contributed by atoms with Crippen LogP contribution in [-0.2, 0) is 28.6 Å². The van der Waals surface area contributed by atoms with E-state index in [0.717, 1.165) is 14.2 Å². The SMILES string of the molecule is COC(=O)C1(C(=O)OC)OC(=O)CC1C. The summed E-state index contributed by atoms with van der Waals surface area (Å²) in [5.41, 5.74) is -1.93. The molecule has 0 aromatic heterocycles. The van der Waals surface area contributed by atoms with E-state index in [-0.39, 0.29) is 6.42 Å². The first-order chi connectivity index (χ1) is 6.98. The van der Waals surface area contributed by atoms with Gasteiger partial charge >= 0.3 is 23.5 Å². The second kappa shape index (κ2) is 3.88. The first-order valence-corrected chi connectivity index (χ1v) is 4.37. The lowest BCUT2D eigenvalue weighted by molar-refractivity contribution is -0.189. The Morgan fingerprint density at radius 2 is 1.80 bits per heavy atom. The van der Waals surface area contributed by atoms with Crippen molar-refractivity contribution in [3.63, 3.8) is 0 Å². The summed E-state index contributed by atoms with van der Waals surface area (Å²) in [5, 5.41) is 0. The first-order valence-electron chi connectivity index (χ1n) is 4.37. The van der Waals surface area contributed by atoms with Gasteiger partial charge in [0.2, 0.25) is 0 Å². The van der Waals surface area contributed by atoms with Crippen LogP contribution in [0.1, 0.15) is 13.3 Å². The Labute approximate surface area is 86.5 Å². The molecule has 1 rings (SSSR count). The number of hydrogen-bond acceptors (Lipinski definition) is 6. The molecule has 0 spiro atoms. The fraction of sp³-hybridized carbons (Fsp3) is 0.667. The number of ether oxygens (including phenoxy) is 3. The Kier molecular flexibility index (Phi) is 2.97. The highest BCUT2D eigenvalue weighted by atomic mass is 16.6. The van der Waals surface area contributed by atoms with Gasteiger partial charge in [-0.25, -0.2) is 9.59 Å². The normalized spacial score (nSPS) is 23.1. The number of esters is 3.